The second-order valence-electron chi connectivity index (χ2n) is 4.27. The van der Waals surface area contributed by atoms with Crippen LogP contribution in [-0.2, 0) is 4.79 Å². The SMILES string of the molecule is C[C@@H]1C(=O)[C@H](C)[C@H]2C=C[C@@H]1CC2. The van der Waals surface area contributed by atoms with Crippen LogP contribution in [0, 0.1) is 23.7 Å². The van der Waals surface area contributed by atoms with E-state index in [2.05, 4.69) is 26.0 Å². The number of ketones is 1. The topological polar surface area (TPSA) is 17.1 Å². The molecule has 1 nitrogen and oxygen atoms in total. The van der Waals surface area contributed by atoms with Gasteiger partial charge in [-0.2, -0.15) is 0 Å². The summed E-state index contributed by atoms with van der Waals surface area (Å²) in [5.41, 5.74) is 0. The van der Waals surface area contributed by atoms with E-state index in [0.29, 0.717) is 17.6 Å². The fraction of sp³-hybridized carbons (Fsp3) is 0.727. The molecule has 0 unspecified atom stereocenters. The van der Waals surface area contributed by atoms with Crippen LogP contribution in [0.3, 0.4) is 0 Å². The summed E-state index contributed by atoms with van der Waals surface area (Å²) in [5.74, 6) is 2.09. The van der Waals surface area contributed by atoms with E-state index in [4.69, 9.17) is 0 Å². The predicted octanol–water partition coefficient (Wildman–Crippen LogP) is 2.42. The molecule has 0 aliphatic heterocycles. The number of hydrogen-bond donors (Lipinski definition) is 0. The van der Waals surface area contributed by atoms with Crippen LogP contribution in [0.4, 0.5) is 0 Å². The number of carbonyl (C=O) groups excluding carboxylic acids is 1. The molecular formula is C11H16O. The lowest BCUT2D eigenvalue weighted by molar-refractivity contribution is -0.126. The number of fused-ring (bicyclic) bond motifs is 3. The van der Waals surface area contributed by atoms with Gasteiger partial charge in [0, 0.05) is 11.8 Å². The van der Waals surface area contributed by atoms with Crippen molar-refractivity contribution in [3.63, 3.8) is 0 Å². The summed E-state index contributed by atoms with van der Waals surface area (Å²) >= 11 is 0. The molecule has 0 aromatic heterocycles. The molecule has 0 amide bonds. The van der Waals surface area contributed by atoms with E-state index in [9.17, 15) is 4.79 Å². The van der Waals surface area contributed by atoms with Crippen molar-refractivity contribution >= 4 is 5.78 Å². The quantitative estimate of drug-likeness (QED) is 0.502. The number of allylic oxidation sites excluding steroid dienone is 2. The fourth-order valence-corrected chi connectivity index (χ4v) is 2.53. The van der Waals surface area contributed by atoms with Crippen molar-refractivity contribution < 1.29 is 4.79 Å². The van der Waals surface area contributed by atoms with Gasteiger partial charge in [0.05, 0.1) is 0 Å². The smallest absolute Gasteiger partial charge is 0.139 e. The van der Waals surface area contributed by atoms with Crippen LogP contribution in [0.15, 0.2) is 12.2 Å². The third-order valence-electron chi connectivity index (χ3n) is 3.62. The first kappa shape index (κ1) is 8.03. The number of carbonyl (C=O) groups is 1. The van der Waals surface area contributed by atoms with Gasteiger partial charge in [-0.05, 0) is 24.7 Å². The molecule has 1 fully saturated rings. The van der Waals surface area contributed by atoms with Crippen molar-refractivity contribution in [3.8, 4) is 0 Å². The minimum Gasteiger partial charge on any atom is -0.299 e. The summed E-state index contributed by atoms with van der Waals surface area (Å²) in [5, 5.41) is 0. The summed E-state index contributed by atoms with van der Waals surface area (Å²) in [4.78, 5) is 11.8. The lowest BCUT2D eigenvalue weighted by Crippen LogP contribution is -2.22. The Morgan fingerprint density at radius 3 is 1.83 bits per heavy atom. The molecule has 4 atom stereocenters. The molecule has 0 aromatic rings. The zero-order valence-corrected chi connectivity index (χ0v) is 7.79. The van der Waals surface area contributed by atoms with E-state index in [1.807, 2.05) is 0 Å². The molecule has 0 aromatic carbocycles. The fourth-order valence-electron chi connectivity index (χ4n) is 2.53. The molecule has 0 N–H and O–H groups in total. The van der Waals surface area contributed by atoms with E-state index < -0.39 is 0 Å². The summed E-state index contributed by atoms with van der Waals surface area (Å²) in [6.45, 7) is 4.17. The number of hydrogen-bond acceptors (Lipinski definition) is 1. The summed E-state index contributed by atoms with van der Waals surface area (Å²) in [7, 11) is 0. The van der Waals surface area contributed by atoms with Gasteiger partial charge in [-0.1, -0.05) is 26.0 Å². The van der Waals surface area contributed by atoms with Crippen LogP contribution in [0.5, 0.6) is 0 Å². The van der Waals surface area contributed by atoms with Crippen molar-refractivity contribution in [1.29, 1.82) is 0 Å². The Bertz CT molecular complexity index is 207. The number of rotatable bonds is 0. The van der Waals surface area contributed by atoms with Crippen LogP contribution < -0.4 is 0 Å². The molecule has 3 aliphatic carbocycles. The normalized spacial score (nSPS) is 46.3. The molecule has 1 saturated carbocycles. The lowest BCUT2D eigenvalue weighted by Gasteiger charge is -2.18. The molecule has 0 radical (unpaired) electrons. The van der Waals surface area contributed by atoms with Gasteiger partial charge >= 0.3 is 0 Å². The van der Waals surface area contributed by atoms with Crippen molar-refractivity contribution in [1.82, 2.24) is 0 Å². The Morgan fingerprint density at radius 1 is 1.08 bits per heavy atom. The molecule has 0 saturated heterocycles. The van der Waals surface area contributed by atoms with Gasteiger partial charge in [-0.25, -0.2) is 0 Å². The van der Waals surface area contributed by atoms with Crippen LogP contribution in [0.2, 0.25) is 0 Å². The molecule has 2 bridgehead atoms. The second kappa shape index (κ2) is 2.72. The van der Waals surface area contributed by atoms with Gasteiger partial charge in [0.1, 0.15) is 5.78 Å². The third-order valence-corrected chi connectivity index (χ3v) is 3.62. The van der Waals surface area contributed by atoms with Crippen molar-refractivity contribution in [2.45, 2.75) is 26.7 Å². The summed E-state index contributed by atoms with van der Waals surface area (Å²) in [6.07, 6.45) is 6.97. The van der Waals surface area contributed by atoms with Gasteiger partial charge in [-0.15, -0.1) is 0 Å². The Morgan fingerprint density at radius 2 is 1.50 bits per heavy atom. The Balaban J connectivity index is 2.33. The standard InChI is InChI=1S/C11H16O/c1-7-9-3-5-10(6-4-9)8(2)11(7)12/h3,5,7-10H,4,6H2,1-2H3/t7-,8+,9+,10-. The minimum atomic E-state index is 0.267. The minimum absolute atomic E-state index is 0.267. The first-order chi connectivity index (χ1) is 5.70. The van der Waals surface area contributed by atoms with Crippen molar-refractivity contribution in [3.05, 3.63) is 12.2 Å². The monoisotopic (exact) mass is 164 g/mol. The first-order valence-electron chi connectivity index (χ1n) is 4.92. The predicted molar refractivity (Wildman–Crippen MR) is 48.7 cm³/mol. The summed E-state index contributed by atoms with van der Waals surface area (Å²) < 4.78 is 0. The van der Waals surface area contributed by atoms with Crippen LogP contribution in [0.1, 0.15) is 26.7 Å². The average Bonchev–Trinajstić information content (AvgIpc) is 2.27. The maximum Gasteiger partial charge on any atom is 0.139 e. The second-order valence-corrected chi connectivity index (χ2v) is 4.27. The van der Waals surface area contributed by atoms with Gasteiger partial charge in [0.15, 0.2) is 0 Å². The van der Waals surface area contributed by atoms with E-state index in [1.165, 1.54) is 12.8 Å². The van der Waals surface area contributed by atoms with Gasteiger partial charge in [0.25, 0.3) is 0 Å². The highest BCUT2D eigenvalue weighted by Crippen LogP contribution is 2.38. The molecule has 12 heavy (non-hydrogen) atoms. The van der Waals surface area contributed by atoms with Crippen LogP contribution >= 0.6 is 0 Å². The molecule has 66 valence electrons. The molecule has 3 rings (SSSR count). The maximum atomic E-state index is 11.8. The van der Waals surface area contributed by atoms with E-state index in [-0.39, 0.29) is 11.8 Å². The van der Waals surface area contributed by atoms with Crippen LogP contribution in [0.25, 0.3) is 0 Å². The average molecular weight is 164 g/mol. The highest BCUT2D eigenvalue weighted by Gasteiger charge is 2.36. The number of Topliss-reactive ketones (excluding diaryl/α,β-unsaturated/α-hetero) is 1. The van der Waals surface area contributed by atoms with E-state index in [0.717, 1.165) is 0 Å². The zero-order chi connectivity index (χ0) is 8.72. The van der Waals surface area contributed by atoms with Gasteiger partial charge in [0.2, 0.25) is 0 Å². The van der Waals surface area contributed by atoms with Crippen molar-refractivity contribution in [2.24, 2.45) is 23.7 Å². The van der Waals surface area contributed by atoms with E-state index in [1.54, 1.807) is 0 Å². The molecule has 3 aliphatic rings. The molecular weight excluding hydrogens is 148 g/mol. The lowest BCUT2D eigenvalue weighted by atomic mass is 9.86. The maximum absolute atomic E-state index is 11.8. The Hall–Kier alpha value is -0.590. The summed E-state index contributed by atoms with van der Waals surface area (Å²) in [6, 6.07) is 0. The Kier molecular flexibility index (Phi) is 1.82. The largest absolute Gasteiger partial charge is 0.299 e. The first-order valence-corrected chi connectivity index (χ1v) is 4.92. The molecule has 1 heteroatoms. The third kappa shape index (κ3) is 1.03. The van der Waals surface area contributed by atoms with Crippen LogP contribution in [-0.4, -0.2) is 5.78 Å². The highest BCUT2D eigenvalue weighted by atomic mass is 16.1. The Labute approximate surface area is 73.8 Å². The molecule has 0 spiro atoms. The van der Waals surface area contributed by atoms with Gasteiger partial charge in [-0.3, -0.25) is 4.79 Å². The highest BCUT2D eigenvalue weighted by molar-refractivity contribution is 5.84. The van der Waals surface area contributed by atoms with Crippen molar-refractivity contribution in [2.75, 3.05) is 0 Å². The molecule has 0 heterocycles. The van der Waals surface area contributed by atoms with E-state index >= 15 is 0 Å². The zero-order valence-electron chi connectivity index (χ0n) is 7.79. The van der Waals surface area contributed by atoms with Gasteiger partial charge < -0.3 is 0 Å².